The van der Waals surface area contributed by atoms with Crippen molar-refractivity contribution in [2.24, 2.45) is 17.1 Å². The summed E-state index contributed by atoms with van der Waals surface area (Å²) in [6.45, 7) is 4.11. The van der Waals surface area contributed by atoms with E-state index in [9.17, 15) is 4.79 Å². The van der Waals surface area contributed by atoms with Gasteiger partial charge in [0.1, 0.15) is 0 Å². The molecule has 82 valence electrons. The molecule has 2 unspecified atom stereocenters. The number of nitrogens with two attached hydrogens (primary N) is 1. The van der Waals surface area contributed by atoms with Crippen LogP contribution in [0.15, 0.2) is 0 Å². The Balaban J connectivity index is 2.79. The maximum Gasteiger partial charge on any atom is 0.303 e. The van der Waals surface area contributed by atoms with Gasteiger partial charge in [0.2, 0.25) is 0 Å². The largest absolute Gasteiger partial charge is 0.481 e. The monoisotopic (exact) mass is 199 g/mol. The van der Waals surface area contributed by atoms with Crippen molar-refractivity contribution >= 4 is 5.97 Å². The summed E-state index contributed by atoms with van der Waals surface area (Å²) in [5.41, 5.74) is 5.95. The van der Waals surface area contributed by atoms with Gasteiger partial charge in [-0.1, -0.05) is 13.8 Å². The van der Waals surface area contributed by atoms with Crippen molar-refractivity contribution in [2.45, 2.75) is 52.0 Å². The van der Waals surface area contributed by atoms with Crippen molar-refractivity contribution in [3.63, 3.8) is 0 Å². The Hall–Kier alpha value is -0.570. The summed E-state index contributed by atoms with van der Waals surface area (Å²) in [5, 5.41) is 8.95. The van der Waals surface area contributed by atoms with Crippen molar-refractivity contribution in [2.75, 3.05) is 0 Å². The van der Waals surface area contributed by atoms with E-state index < -0.39 is 5.97 Å². The average Bonchev–Trinajstić information content (AvgIpc) is 2.96. The summed E-state index contributed by atoms with van der Waals surface area (Å²) in [6, 6.07) is 0.0381. The molecule has 1 fully saturated rings. The second-order valence-corrected chi connectivity index (χ2v) is 4.45. The van der Waals surface area contributed by atoms with Crippen molar-refractivity contribution in [1.29, 1.82) is 0 Å². The predicted octanol–water partition coefficient (Wildman–Crippen LogP) is 2.00. The van der Waals surface area contributed by atoms with E-state index in [2.05, 4.69) is 6.92 Å². The lowest BCUT2D eigenvalue weighted by Crippen LogP contribution is -2.44. The SMILES string of the molecule is CCC(N)C(CC)(CC(=O)O)C1CC1. The van der Waals surface area contributed by atoms with Crippen molar-refractivity contribution in [1.82, 2.24) is 0 Å². The van der Waals surface area contributed by atoms with Gasteiger partial charge in [0.15, 0.2) is 0 Å². The highest BCUT2D eigenvalue weighted by Crippen LogP contribution is 2.52. The Labute approximate surface area is 85.7 Å². The first-order valence-corrected chi connectivity index (χ1v) is 5.54. The zero-order valence-corrected chi connectivity index (χ0v) is 9.12. The Kier molecular flexibility index (Phi) is 3.53. The van der Waals surface area contributed by atoms with Gasteiger partial charge in [-0.15, -0.1) is 0 Å². The zero-order chi connectivity index (χ0) is 10.8. The van der Waals surface area contributed by atoms with Crippen LogP contribution in [0.25, 0.3) is 0 Å². The van der Waals surface area contributed by atoms with E-state index in [1.165, 1.54) is 0 Å². The Morgan fingerprint density at radius 2 is 2.14 bits per heavy atom. The summed E-state index contributed by atoms with van der Waals surface area (Å²) >= 11 is 0. The highest BCUT2D eigenvalue weighted by molar-refractivity contribution is 5.68. The maximum absolute atomic E-state index is 10.9. The van der Waals surface area contributed by atoms with Crippen molar-refractivity contribution in [3.05, 3.63) is 0 Å². The van der Waals surface area contributed by atoms with Gasteiger partial charge in [0, 0.05) is 6.04 Å². The lowest BCUT2D eigenvalue weighted by atomic mass is 9.70. The molecule has 3 nitrogen and oxygen atoms in total. The van der Waals surface area contributed by atoms with Gasteiger partial charge in [0.25, 0.3) is 0 Å². The summed E-state index contributed by atoms with van der Waals surface area (Å²) in [4.78, 5) is 10.9. The minimum Gasteiger partial charge on any atom is -0.481 e. The molecule has 0 spiro atoms. The molecule has 0 radical (unpaired) electrons. The van der Waals surface area contributed by atoms with Gasteiger partial charge in [-0.05, 0) is 37.0 Å². The Morgan fingerprint density at radius 3 is 2.43 bits per heavy atom. The highest BCUT2D eigenvalue weighted by atomic mass is 16.4. The molecule has 3 N–H and O–H groups in total. The summed E-state index contributed by atoms with van der Waals surface area (Å²) in [5.74, 6) is -0.152. The molecule has 1 aliphatic carbocycles. The highest BCUT2D eigenvalue weighted by Gasteiger charge is 2.48. The molecule has 0 amide bonds. The normalized spacial score (nSPS) is 22.8. The first-order chi connectivity index (χ1) is 6.56. The van der Waals surface area contributed by atoms with E-state index in [4.69, 9.17) is 10.8 Å². The number of carboxylic acid groups (broad SMARTS) is 1. The van der Waals surface area contributed by atoms with Crippen LogP contribution in [0.3, 0.4) is 0 Å². The molecule has 1 saturated carbocycles. The molecule has 0 aromatic heterocycles. The van der Waals surface area contributed by atoms with Crippen LogP contribution in [0.4, 0.5) is 0 Å². The third kappa shape index (κ3) is 2.08. The van der Waals surface area contributed by atoms with E-state index in [1.54, 1.807) is 0 Å². The molecule has 0 heterocycles. The molecule has 0 bridgehead atoms. The van der Waals surface area contributed by atoms with E-state index in [0.717, 1.165) is 25.7 Å². The molecule has 0 saturated heterocycles. The molecular weight excluding hydrogens is 178 g/mol. The van der Waals surface area contributed by atoms with Crippen LogP contribution < -0.4 is 5.73 Å². The minimum atomic E-state index is -0.706. The lowest BCUT2D eigenvalue weighted by molar-refractivity contribution is -0.140. The number of carbonyl (C=O) groups is 1. The molecular formula is C11H21NO2. The van der Waals surface area contributed by atoms with E-state index in [0.29, 0.717) is 5.92 Å². The number of rotatable bonds is 6. The smallest absolute Gasteiger partial charge is 0.303 e. The lowest BCUT2D eigenvalue weighted by Gasteiger charge is -2.37. The molecule has 0 aliphatic heterocycles. The minimum absolute atomic E-state index is 0.0381. The van der Waals surface area contributed by atoms with Crippen LogP contribution in [0.5, 0.6) is 0 Å². The van der Waals surface area contributed by atoms with Crippen molar-refractivity contribution < 1.29 is 9.90 Å². The van der Waals surface area contributed by atoms with Gasteiger partial charge < -0.3 is 10.8 Å². The second kappa shape index (κ2) is 4.30. The standard InChI is InChI=1S/C11H21NO2/c1-3-9(12)11(4-2,7-10(13)14)8-5-6-8/h8-9H,3-7,12H2,1-2H3,(H,13,14). The predicted molar refractivity (Wildman–Crippen MR) is 56.0 cm³/mol. The third-order valence-corrected chi connectivity index (χ3v) is 3.71. The van der Waals surface area contributed by atoms with Crippen LogP contribution in [0, 0.1) is 11.3 Å². The number of carboxylic acids is 1. The van der Waals surface area contributed by atoms with E-state index in [-0.39, 0.29) is 17.9 Å². The van der Waals surface area contributed by atoms with E-state index in [1.807, 2.05) is 6.92 Å². The van der Waals surface area contributed by atoms with Gasteiger partial charge in [-0.3, -0.25) is 4.79 Å². The summed E-state index contributed by atoms with van der Waals surface area (Å²) < 4.78 is 0. The molecule has 3 heteroatoms. The Morgan fingerprint density at radius 1 is 1.57 bits per heavy atom. The maximum atomic E-state index is 10.9. The fourth-order valence-corrected chi connectivity index (χ4v) is 2.60. The quantitative estimate of drug-likeness (QED) is 0.687. The zero-order valence-electron chi connectivity index (χ0n) is 9.12. The number of aliphatic carboxylic acids is 1. The fraction of sp³-hybridized carbons (Fsp3) is 0.909. The molecule has 1 rings (SSSR count). The van der Waals surface area contributed by atoms with Crippen molar-refractivity contribution in [3.8, 4) is 0 Å². The van der Waals surface area contributed by atoms with Crippen LogP contribution in [0.2, 0.25) is 0 Å². The van der Waals surface area contributed by atoms with Gasteiger partial charge in [0.05, 0.1) is 6.42 Å². The summed E-state index contributed by atoms with van der Waals surface area (Å²) in [7, 11) is 0. The average molecular weight is 199 g/mol. The molecule has 1 aliphatic rings. The van der Waals surface area contributed by atoms with Gasteiger partial charge >= 0.3 is 5.97 Å². The fourth-order valence-electron chi connectivity index (χ4n) is 2.60. The molecule has 0 aromatic rings. The van der Waals surface area contributed by atoms with Gasteiger partial charge in [-0.25, -0.2) is 0 Å². The van der Waals surface area contributed by atoms with E-state index >= 15 is 0 Å². The van der Waals surface area contributed by atoms with Crippen LogP contribution >= 0.6 is 0 Å². The molecule has 0 aromatic carbocycles. The topological polar surface area (TPSA) is 63.3 Å². The molecule has 2 atom stereocenters. The Bertz CT molecular complexity index is 213. The van der Waals surface area contributed by atoms with Crippen LogP contribution in [-0.2, 0) is 4.79 Å². The van der Waals surface area contributed by atoms with Gasteiger partial charge in [-0.2, -0.15) is 0 Å². The number of hydrogen-bond acceptors (Lipinski definition) is 2. The van der Waals surface area contributed by atoms with Crippen LogP contribution in [-0.4, -0.2) is 17.1 Å². The second-order valence-electron chi connectivity index (χ2n) is 4.45. The first-order valence-electron chi connectivity index (χ1n) is 5.54. The summed E-state index contributed by atoms with van der Waals surface area (Å²) in [6.07, 6.45) is 4.32. The number of hydrogen-bond donors (Lipinski definition) is 2. The van der Waals surface area contributed by atoms with Crippen LogP contribution in [0.1, 0.15) is 46.0 Å². The third-order valence-electron chi connectivity index (χ3n) is 3.71. The molecule has 14 heavy (non-hydrogen) atoms. The first kappa shape index (κ1) is 11.5.